The van der Waals surface area contributed by atoms with Crippen LogP contribution in [-0.2, 0) is 11.3 Å². The number of carbonyl (C=O) groups excluding carboxylic acids is 1. The maximum atomic E-state index is 12.6. The summed E-state index contributed by atoms with van der Waals surface area (Å²) in [5.74, 6) is 0.111. The normalized spacial score (nSPS) is 11.9. The topological polar surface area (TPSA) is 117 Å². The third-order valence-corrected chi connectivity index (χ3v) is 5.45. The van der Waals surface area contributed by atoms with Crippen molar-refractivity contribution in [3.63, 3.8) is 0 Å². The molecule has 4 aromatic heterocycles. The third-order valence-electron chi connectivity index (χ3n) is 4.56. The van der Waals surface area contributed by atoms with Crippen LogP contribution in [0.1, 0.15) is 13.0 Å². The van der Waals surface area contributed by atoms with Crippen molar-refractivity contribution < 1.29 is 4.79 Å². The zero-order valence-corrected chi connectivity index (χ0v) is 17.4. The molecule has 0 saturated carbocycles. The number of hydrogen-bond acceptors (Lipinski definition) is 7. The average Bonchev–Trinajstić information content (AvgIpc) is 3.49. The van der Waals surface area contributed by atoms with E-state index < -0.39 is 6.04 Å². The second kappa shape index (κ2) is 8.88. The van der Waals surface area contributed by atoms with Crippen LogP contribution in [0.3, 0.4) is 0 Å². The number of amides is 1. The van der Waals surface area contributed by atoms with Crippen molar-refractivity contribution in [2.45, 2.75) is 19.5 Å². The largest absolute Gasteiger partial charge is 0.352 e. The summed E-state index contributed by atoms with van der Waals surface area (Å²) in [4.78, 5) is 37.8. The van der Waals surface area contributed by atoms with E-state index in [4.69, 9.17) is 0 Å². The Hall–Kier alpha value is -3.86. The van der Waals surface area contributed by atoms with E-state index in [1.165, 1.54) is 32.8 Å². The lowest BCUT2D eigenvalue weighted by Gasteiger charge is -2.15. The quantitative estimate of drug-likeness (QED) is 0.463. The van der Waals surface area contributed by atoms with Gasteiger partial charge in [-0.2, -0.15) is 10.2 Å². The van der Waals surface area contributed by atoms with Gasteiger partial charge in [-0.25, -0.2) is 14.0 Å². The lowest BCUT2D eigenvalue weighted by molar-refractivity contribution is -0.124. The highest BCUT2D eigenvalue weighted by atomic mass is 32.1. The molecule has 0 aliphatic heterocycles. The van der Waals surface area contributed by atoms with Crippen molar-refractivity contribution in [2.24, 2.45) is 0 Å². The highest BCUT2D eigenvalue weighted by Crippen LogP contribution is 2.21. The van der Waals surface area contributed by atoms with Crippen LogP contribution in [-0.4, -0.2) is 41.8 Å². The Morgan fingerprint density at radius 2 is 1.94 bits per heavy atom. The fourth-order valence-corrected chi connectivity index (χ4v) is 3.62. The summed E-state index contributed by atoms with van der Waals surface area (Å²) in [5, 5.41) is 17.3. The SMILES string of the molecule is CC(C(=O)NCCn1nc(-n2cccn2)ccc1=O)n1nc(-c2cccs2)ccc1=O. The molecular formula is C20H19N7O3S. The van der Waals surface area contributed by atoms with Crippen molar-refractivity contribution in [2.75, 3.05) is 6.54 Å². The first-order valence-electron chi connectivity index (χ1n) is 9.52. The van der Waals surface area contributed by atoms with Crippen LogP contribution in [0.4, 0.5) is 0 Å². The molecular weight excluding hydrogens is 418 g/mol. The van der Waals surface area contributed by atoms with E-state index in [-0.39, 0.29) is 30.1 Å². The van der Waals surface area contributed by atoms with Gasteiger partial charge >= 0.3 is 0 Å². The second-order valence-corrected chi connectivity index (χ2v) is 7.60. The van der Waals surface area contributed by atoms with Gasteiger partial charge in [-0.15, -0.1) is 16.4 Å². The number of carbonyl (C=O) groups is 1. The monoisotopic (exact) mass is 437 g/mol. The zero-order chi connectivity index (χ0) is 21.8. The third kappa shape index (κ3) is 4.51. The van der Waals surface area contributed by atoms with E-state index in [9.17, 15) is 14.4 Å². The summed E-state index contributed by atoms with van der Waals surface area (Å²) in [6.07, 6.45) is 3.33. The molecule has 1 N–H and O–H groups in total. The van der Waals surface area contributed by atoms with Gasteiger partial charge in [-0.05, 0) is 36.6 Å². The van der Waals surface area contributed by atoms with E-state index in [1.54, 1.807) is 37.5 Å². The van der Waals surface area contributed by atoms with Crippen LogP contribution in [0.5, 0.6) is 0 Å². The van der Waals surface area contributed by atoms with Crippen LogP contribution in [0.25, 0.3) is 16.4 Å². The van der Waals surface area contributed by atoms with Gasteiger partial charge < -0.3 is 5.32 Å². The first-order valence-corrected chi connectivity index (χ1v) is 10.4. The smallest absolute Gasteiger partial charge is 0.267 e. The molecule has 0 spiro atoms. The van der Waals surface area contributed by atoms with E-state index in [1.807, 2.05) is 17.5 Å². The Morgan fingerprint density at radius 3 is 2.68 bits per heavy atom. The van der Waals surface area contributed by atoms with Crippen LogP contribution in [0.2, 0.25) is 0 Å². The van der Waals surface area contributed by atoms with E-state index in [2.05, 4.69) is 20.6 Å². The molecule has 31 heavy (non-hydrogen) atoms. The minimum Gasteiger partial charge on any atom is -0.352 e. The Bertz CT molecular complexity index is 1290. The van der Waals surface area contributed by atoms with Crippen LogP contribution in [0.15, 0.2) is 69.8 Å². The molecule has 0 radical (unpaired) electrons. The van der Waals surface area contributed by atoms with Gasteiger partial charge in [0.05, 0.1) is 11.4 Å². The Balaban J connectivity index is 1.43. The lowest BCUT2D eigenvalue weighted by atomic mass is 10.3. The molecule has 0 bridgehead atoms. The molecule has 1 unspecified atom stereocenters. The number of rotatable bonds is 7. The van der Waals surface area contributed by atoms with Crippen molar-refractivity contribution in [1.82, 2.24) is 34.7 Å². The standard InChI is InChI=1S/C20H19N7O3S/c1-14(27-19(29)7-5-15(23-27)16-4-2-13-31-16)20(30)21-10-12-26-18(28)8-6-17(24-26)25-11-3-9-22-25/h2-9,11,13-14H,10,12H2,1H3,(H,21,30). The van der Waals surface area contributed by atoms with Gasteiger partial charge in [0, 0.05) is 31.1 Å². The van der Waals surface area contributed by atoms with Crippen LogP contribution in [0, 0.1) is 0 Å². The highest BCUT2D eigenvalue weighted by Gasteiger charge is 2.18. The summed E-state index contributed by atoms with van der Waals surface area (Å²) in [7, 11) is 0. The number of nitrogens with one attached hydrogen (secondary N) is 1. The van der Waals surface area contributed by atoms with E-state index in [0.717, 1.165) is 9.56 Å². The molecule has 1 atom stereocenters. The molecule has 0 aromatic carbocycles. The molecule has 4 rings (SSSR count). The summed E-state index contributed by atoms with van der Waals surface area (Å²) in [6.45, 7) is 1.94. The highest BCUT2D eigenvalue weighted by molar-refractivity contribution is 7.13. The first-order chi connectivity index (χ1) is 15.0. The molecule has 0 saturated heterocycles. The van der Waals surface area contributed by atoms with Gasteiger partial charge in [0.15, 0.2) is 5.82 Å². The van der Waals surface area contributed by atoms with Crippen molar-refractivity contribution in [1.29, 1.82) is 0 Å². The number of nitrogens with zero attached hydrogens (tertiary/aromatic N) is 6. The molecule has 4 aromatic rings. The molecule has 10 nitrogen and oxygen atoms in total. The van der Waals surface area contributed by atoms with Gasteiger partial charge in [0.2, 0.25) is 5.91 Å². The molecule has 1 amide bonds. The van der Waals surface area contributed by atoms with Gasteiger partial charge in [0.25, 0.3) is 11.1 Å². The predicted molar refractivity (Wildman–Crippen MR) is 115 cm³/mol. The predicted octanol–water partition coefficient (Wildman–Crippen LogP) is 1.09. The van der Waals surface area contributed by atoms with Crippen molar-refractivity contribution in [3.05, 3.63) is 80.9 Å². The summed E-state index contributed by atoms with van der Waals surface area (Å²) < 4.78 is 3.95. The van der Waals surface area contributed by atoms with Gasteiger partial charge in [-0.1, -0.05) is 6.07 Å². The Kier molecular flexibility index (Phi) is 5.85. The number of thiophene rings is 1. The van der Waals surface area contributed by atoms with E-state index >= 15 is 0 Å². The maximum absolute atomic E-state index is 12.6. The zero-order valence-electron chi connectivity index (χ0n) is 16.6. The molecule has 4 heterocycles. The van der Waals surface area contributed by atoms with Crippen molar-refractivity contribution in [3.8, 4) is 16.4 Å². The van der Waals surface area contributed by atoms with Crippen LogP contribution < -0.4 is 16.4 Å². The minimum atomic E-state index is -0.812. The number of hydrogen-bond donors (Lipinski definition) is 1. The van der Waals surface area contributed by atoms with Gasteiger partial charge in [-0.3, -0.25) is 14.4 Å². The first kappa shape index (κ1) is 20.4. The van der Waals surface area contributed by atoms with Gasteiger partial charge in [0.1, 0.15) is 11.7 Å². The maximum Gasteiger partial charge on any atom is 0.267 e. The molecule has 0 aliphatic rings. The molecule has 0 aliphatic carbocycles. The fraction of sp³-hybridized carbons (Fsp3) is 0.200. The van der Waals surface area contributed by atoms with Crippen molar-refractivity contribution >= 4 is 17.2 Å². The lowest BCUT2D eigenvalue weighted by Crippen LogP contribution is -2.39. The summed E-state index contributed by atoms with van der Waals surface area (Å²) in [6, 6.07) is 10.7. The second-order valence-electron chi connectivity index (χ2n) is 6.65. The fourth-order valence-electron chi connectivity index (χ4n) is 2.93. The van der Waals surface area contributed by atoms with Crippen LogP contribution >= 0.6 is 11.3 Å². The van der Waals surface area contributed by atoms with E-state index in [0.29, 0.717) is 11.5 Å². The Morgan fingerprint density at radius 1 is 1.10 bits per heavy atom. The summed E-state index contributed by atoms with van der Waals surface area (Å²) in [5.41, 5.74) is -0.0343. The molecule has 0 fully saturated rings. The number of aromatic nitrogens is 6. The summed E-state index contributed by atoms with van der Waals surface area (Å²) >= 11 is 1.50. The molecule has 11 heteroatoms. The minimum absolute atomic E-state index is 0.165. The molecule has 158 valence electrons. The Labute approximate surface area is 180 Å². The average molecular weight is 437 g/mol.